The molecule has 0 aliphatic rings. The summed E-state index contributed by atoms with van der Waals surface area (Å²) in [5, 5.41) is 0.803. The van der Waals surface area contributed by atoms with Crippen molar-refractivity contribution in [2.45, 2.75) is 26.3 Å². The van der Waals surface area contributed by atoms with Gasteiger partial charge in [-0.1, -0.05) is 18.5 Å². The van der Waals surface area contributed by atoms with Crippen LogP contribution in [0.5, 0.6) is 0 Å². The summed E-state index contributed by atoms with van der Waals surface area (Å²) in [5.41, 5.74) is 7.13. The van der Waals surface area contributed by atoms with Crippen LogP contribution in [-0.2, 0) is 6.42 Å². The molecule has 0 fully saturated rings. The third kappa shape index (κ3) is 3.41. The molecule has 0 bridgehead atoms. The van der Waals surface area contributed by atoms with Gasteiger partial charge in [0.15, 0.2) is 0 Å². The average molecular weight is 324 g/mol. The standard InChI is InChI=1S/C11H15ClIN/c1-7(8(2)14)5-9-6-10(12)3-4-11(9)13/h3-4,6-8H,5,14H2,1-2H3. The molecule has 1 nitrogen and oxygen atoms in total. The number of halogens is 2. The Morgan fingerprint density at radius 3 is 2.64 bits per heavy atom. The number of hydrogen-bond donors (Lipinski definition) is 1. The first kappa shape index (κ1) is 12.3. The minimum Gasteiger partial charge on any atom is -0.328 e. The van der Waals surface area contributed by atoms with E-state index in [1.54, 1.807) is 0 Å². The van der Waals surface area contributed by atoms with Crippen LogP contribution >= 0.6 is 34.2 Å². The summed E-state index contributed by atoms with van der Waals surface area (Å²) < 4.78 is 1.26. The molecule has 0 amide bonds. The van der Waals surface area contributed by atoms with Crippen molar-refractivity contribution in [3.05, 3.63) is 32.4 Å². The first-order valence-corrected chi connectivity index (χ1v) is 6.16. The summed E-state index contributed by atoms with van der Waals surface area (Å²) in [6.07, 6.45) is 0.997. The van der Waals surface area contributed by atoms with Gasteiger partial charge in [0.2, 0.25) is 0 Å². The smallest absolute Gasteiger partial charge is 0.0409 e. The topological polar surface area (TPSA) is 26.0 Å². The Hall–Kier alpha value is 0.200. The lowest BCUT2D eigenvalue weighted by molar-refractivity contribution is 0.481. The fourth-order valence-electron chi connectivity index (χ4n) is 1.23. The van der Waals surface area contributed by atoms with E-state index in [0.29, 0.717) is 5.92 Å². The van der Waals surface area contributed by atoms with Gasteiger partial charge in [-0.3, -0.25) is 0 Å². The zero-order valence-corrected chi connectivity index (χ0v) is 11.3. The Bertz CT molecular complexity index is 312. The van der Waals surface area contributed by atoms with Gasteiger partial charge < -0.3 is 5.73 Å². The first-order valence-electron chi connectivity index (χ1n) is 4.70. The molecule has 2 atom stereocenters. The summed E-state index contributed by atoms with van der Waals surface area (Å²) in [5.74, 6) is 0.488. The SMILES string of the molecule is CC(N)C(C)Cc1cc(Cl)ccc1I. The van der Waals surface area contributed by atoms with E-state index >= 15 is 0 Å². The highest BCUT2D eigenvalue weighted by molar-refractivity contribution is 14.1. The zero-order valence-electron chi connectivity index (χ0n) is 8.43. The van der Waals surface area contributed by atoms with Gasteiger partial charge in [0.1, 0.15) is 0 Å². The van der Waals surface area contributed by atoms with E-state index in [-0.39, 0.29) is 6.04 Å². The predicted octanol–water partition coefficient (Wildman–Crippen LogP) is 3.47. The van der Waals surface area contributed by atoms with E-state index in [1.807, 2.05) is 25.1 Å². The van der Waals surface area contributed by atoms with Crippen molar-refractivity contribution in [3.63, 3.8) is 0 Å². The van der Waals surface area contributed by atoms with E-state index in [9.17, 15) is 0 Å². The van der Waals surface area contributed by atoms with Crippen LogP contribution in [0.2, 0.25) is 5.02 Å². The second-order valence-corrected chi connectivity index (χ2v) is 5.37. The Morgan fingerprint density at radius 2 is 2.07 bits per heavy atom. The third-order valence-electron chi connectivity index (χ3n) is 2.45. The molecule has 0 aliphatic heterocycles. The quantitative estimate of drug-likeness (QED) is 0.847. The molecule has 0 heterocycles. The van der Waals surface area contributed by atoms with Gasteiger partial charge in [-0.25, -0.2) is 0 Å². The van der Waals surface area contributed by atoms with Crippen LogP contribution in [-0.4, -0.2) is 6.04 Å². The van der Waals surface area contributed by atoms with Gasteiger partial charge in [0.05, 0.1) is 0 Å². The number of rotatable bonds is 3. The Morgan fingerprint density at radius 1 is 1.43 bits per heavy atom. The minimum atomic E-state index is 0.227. The van der Waals surface area contributed by atoms with Crippen molar-refractivity contribution in [1.29, 1.82) is 0 Å². The van der Waals surface area contributed by atoms with Crippen molar-refractivity contribution >= 4 is 34.2 Å². The highest BCUT2D eigenvalue weighted by Gasteiger charge is 2.10. The maximum atomic E-state index is 5.95. The summed E-state index contributed by atoms with van der Waals surface area (Å²) in [6.45, 7) is 4.21. The van der Waals surface area contributed by atoms with Gasteiger partial charge in [-0.15, -0.1) is 0 Å². The van der Waals surface area contributed by atoms with E-state index in [2.05, 4.69) is 29.5 Å². The molecule has 0 saturated carbocycles. The average Bonchev–Trinajstić information content (AvgIpc) is 2.11. The molecular weight excluding hydrogens is 308 g/mol. The molecule has 1 aromatic rings. The van der Waals surface area contributed by atoms with E-state index in [4.69, 9.17) is 17.3 Å². The van der Waals surface area contributed by atoms with Gasteiger partial charge in [0.25, 0.3) is 0 Å². The van der Waals surface area contributed by atoms with Crippen molar-refractivity contribution in [2.24, 2.45) is 11.7 Å². The fraction of sp³-hybridized carbons (Fsp3) is 0.455. The molecule has 0 aromatic heterocycles. The van der Waals surface area contributed by atoms with Crippen LogP contribution in [0.25, 0.3) is 0 Å². The van der Waals surface area contributed by atoms with Gasteiger partial charge >= 0.3 is 0 Å². The second kappa shape index (κ2) is 5.33. The van der Waals surface area contributed by atoms with Gasteiger partial charge in [-0.2, -0.15) is 0 Å². The normalized spacial score (nSPS) is 15.2. The number of benzene rings is 1. The highest BCUT2D eigenvalue weighted by atomic mass is 127. The molecule has 2 N–H and O–H groups in total. The Balaban J connectivity index is 2.80. The third-order valence-corrected chi connectivity index (χ3v) is 3.73. The molecule has 14 heavy (non-hydrogen) atoms. The highest BCUT2D eigenvalue weighted by Crippen LogP contribution is 2.21. The second-order valence-electron chi connectivity index (χ2n) is 3.78. The summed E-state index contributed by atoms with van der Waals surface area (Å²) >= 11 is 8.28. The molecule has 0 saturated heterocycles. The largest absolute Gasteiger partial charge is 0.328 e. The maximum absolute atomic E-state index is 5.95. The fourth-order valence-corrected chi connectivity index (χ4v) is 1.98. The van der Waals surface area contributed by atoms with Crippen LogP contribution in [0, 0.1) is 9.49 Å². The molecular formula is C11H15ClIN. The molecule has 3 heteroatoms. The predicted molar refractivity (Wildman–Crippen MR) is 70.7 cm³/mol. The maximum Gasteiger partial charge on any atom is 0.0409 e. The van der Waals surface area contributed by atoms with Crippen molar-refractivity contribution in [3.8, 4) is 0 Å². The zero-order chi connectivity index (χ0) is 10.7. The molecule has 78 valence electrons. The molecule has 0 aliphatic carbocycles. The van der Waals surface area contributed by atoms with Crippen molar-refractivity contribution in [1.82, 2.24) is 0 Å². The summed E-state index contributed by atoms with van der Waals surface area (Å²) in [6, 6.07) is 6.22. The van der Waals surface area contributed by atoms with E-state index in [0.717, 1.165) is 11.4 Å². The van der Waals surface area contributed by atoms with Crippen LogP contribution in [0.1, 0.15) is 19.4 Å². The van der Waals surface area contributed by atoms with Crippen LogP contribution in [0.4, 0.5) is 0 Å². The Labute approximate surface area is 104 Å². The van der Waals surface area contributed by atoms with Crippen molar-refractivity contribution < 1.29 is 0 Å². The summed E-state index contributed by atoms with van der Waals surface area (Å²) in [4.78, 5) is 0. The van der Waals surface area contributed by atoms with Crippen molar-refractivity contribution in [2.75, 3.05) is 0 Å². The molecule has 2 unspecified atom stereocenters. The Kier molecular flexibility index (Phi) is 4.67. The minimum absolute atomic E-state index is 0.227. The van der Waals surface area contributed by atoms with E-state index < -0.39 is 0 Å². The summed E-state index contributed by atoms with van der Waals surface area (Å²) in [7, 11) is 0. The molecule has 0 radical (unpaired) electrons. The monoisotopic (exact) mass is 323 g/mol. The van der Waals surface area contributed by atoms with Crippen LogP contribution in [0.15, 0.2) is 18.2 Å². The van der Waals surface area contributed by atoms with E-state index in [1.165, 1.54) is 9.13 Å². The molecule has 0 spiro atoms. The lowest BCUT2D eigenvalue weighted by atomic mass is 9.96. The lowest BCUT2D eigenvalue weighted by Gasteiger charge is -2.16. The van der Waals surface area contributed by atoms with Gasteiger partial charge in [0, 0.05) is 14.6 Å². The molecule has 1 aromatic carbocycles. The number of hydrogen-bond acceptors (Lipinski definition) is 1. The van der Waals surface area contributed by atoms with Crippen LogP contribution < -0.4 is 5.73 Å². The first-order chi connectivity index (χ1) is 6.50. The lowest BCUT2D eigenvalue weighted by Crippen LogP contribution is -2.25. The molecule has 1 rings (SSSR count). The van der Waals surface area contributed by atoms with Crippen LogP contribution in [0.3, 0.4) is 0 Å². The van der Waals surface area contributed by atoms with Gasteiger partial charge in [-0.05, 0) is 65.6 Å². The number of nitrogens with two attached hydrogens (primary N) is 1.